The SMILES string of the molecule is CCCOC(Cc1cn(CCO)c2ccccc12)C(=O)OCC. The summed E-state index contributed by atoms with van der Waals surface area (Å²) in [5, 5.41) is 10.3. The van der Waals surface area contributed by atoms with Crippen LogP contribution in [-0.2, 0) is 27.2 Å². The van der Waals surface area contributed by atoms with Crippen molar-refractivity contribution in [2.45, 2.75) is 39.3 Å². The Bertz CT molecular complexity index is 635. The van der Waals surface area contributed by atoms with Gasteiger partial charge >= 0.3 is 5.97 Å². The summed E-state index contributed by atoms with van der Waals surface area (Å²) in [5.74, 6) is -0.320. The molecular formula is C18H25NO4. The van der Waals surface area contributed by atoms with Crippen molar-refractivity contribution in [2.24, 2.45) is 0 Å². The van der Waals surface area contributed by atoms with Gasteiger partial charge in [0.15, 0.2) is 6.10 Å². The van der Waals surface area contributed by atoms with Crippen LogP contribution in [0, 0.1) is 0 Å². The van der Waals surface area contributed by atoms with Crippen LogP contribution in [0.2, 0.25) is 0 Å². The van der Waals surface area contributed by atoms with E-state index in [1.165, 1.54) is 0 Å². The normalized spacial score (nSPS) is 12.5. The molecule has 2 rings (SSSR count). The molecule has 1 N–H and O–H groups in total. The molecule has 2 aromatic rings. The van der Waals surface area contributed by atoms with Crippen LogP contribution in [0.15, 0.2) is 30.5 Å². The van der Waals surface area contributed by atoms with Gasteiger partial charge in [-0.05, 0) is 25.0 Å². The summed E-state index contributed by atoms with van der Waals surface area (Å²) in [4.78, 5) is 12.1. The Kier molecular flexibility index (Phi) is 6.62. The zero-order chi connectivity index (χ0) is 16.7. The second-order valence-corrected chi connectivity index (χ2v) is 5.40. The minimum absolute atomic E-state index is 0.0752. The monoisotopic (exact) mass is 319 g/mol. The van der Waals surface area contributed by atoms with E-state index in [1.807, 2.05) is 42.0 Å². The summed E-state index contributed by atoms with van der Waals surface area (Å²) in [6.07, 6.45) is 2.71. The molecule has 5 heteroatoms. The Hall–Kier alpha value is -1.85. The van der Waals surface area contributed by atoms with Crippen LogP contribution in [0.5, 0.6) is 0 Å². The molecule has 0 bridgehead atoms. The Morgan fingerprint density at radius 3 is 2.78 bits per heavy atom. The average molecular weight is 319 g/mol. The van der Waals surface area contributed by atoms with Gasteiger partial charge in [0.05, 0.1) is 13.2 Å². The lowest BCUT2D eigenvalue weighted by atomic mass is 10.1. The molecule has 0 radical (unpaired) electrons. The number of ether oxygens (including phenoxy) is 2. The maximum Gasteiger partial charge on any atom is 0.335 e. The zero-order valence-corrected chi connectivity index (χ0v) is 13.8. The number of benzene rings is 1. The fourth-order valence-electron chi connectivity index (χ4n) is 2.68. The number of hydrogen-bond acceptors (Lipinski definition) is 4. The smallest absolute Gasteiger partial charge is 0.335 e. The van der Waals surface area contributed by atoms with Gasteiger partial charge in [0.2, 0.25) is 0 Å². The van der Waals surface area contributed by atoms with Gasteiger partial charge in [-0.15, -0.1) is 0 Å². The number of para-hydroxylation sites is 1. The molecule has 0 fully saturated rings. The van der Waals surface area contributed by atoms with Crippen molar-refractivity contribution < 1.29 is 19.4 Å². The number of fused-ring (bicyclic) bond motifs is 1. The lowest BCUT2D eigenvalue weighted by molar-refractivity contribution is -0.156. The fraction of sp³-hybridized carbons (Fsp3) is 0.500. The quantitative estimate of drug-likeness (QED) is 0.722. The first kappa shape index (κ1) is 17.5. The van der Waals surface area contributed by atoms with Crippen LogP contribution in [0.25, 0.3) is 10.9 Å². The van der Waals surface area contributed by atoms with Crippen molar-refractivity contribution in [1.82, 2.24) is 4.57 Å². The summed E-state index contributed by atoms with van der Waals surface area (Å²) in [5.41, 5.74) is 2.08. The van der Waals surface area contributed by atoms with Crippen molar-refractivity contribution in [2.75, 3.05) is 19.8 Å². The molecule has 0 saturated heterocycles. The molecule has 5 nitrogen and oxygen atoms in total. The Morgan fingerprint density at radius 1 is 1.30 bits per heavy atom. The second-order valence-electron chi connectivity index (χ2n) is 5.40. The zero-order valence-electron chi connectivity index (χ0n) is 13.8. The van der Waals surface area contributed by atoms with E-state index in [-0.39, 0.29) is 12.6 Å². The van der Waals surface area contributed by atoms with Crippen LogP contribution < -0.4 is 0 Å². The molecule has 0 aliphatic heterocycles. The number of hydrogen-bond donors (Lipinski definition) is 1. The molecule has 0 aliphatic carbocycles. The number of esters is 1. The van der Waals surface area contributed by atoms with Gasteiger partial charge in [0.25, 0.3) is 0 Å². The number of carbonyl (C=O) groups excluding carboxylic acids is 1. The summed E-state index contributed by atoms with van der Waals surface area (Å²) < 4.78 is 12.8. The summed E-state index contributed by atoms with van der Waals surface area (Å²) >= 11 is 0. The highest BCUT2D eigenvalue weighted by Gasteiger charge is 2.23. The highest BCUT2D eigenvalue weighted by molar-refractivity contribution is 5.85. The maximum absolute atomic E-state index is 12.1. The van der Waals surface area contributed by atoms with Crippen LogP contribution in [0.4, 0.5) is 0 Å². The first-order chi connectivity index (χ1) is 11.2. The predicted octanol–water partition coefficient (Wildman–Crippen LogP) is 2.53. The molecule has 1 unspecified atom stereocenters. The minimum atomic E-state index is -0.594. The lowest BCUT2D eigenvalue weighted by Crippen LogP contribution is -2.29. The topological polar surface area (TPSA) is 60.7 Å². The Balaban J connectivity index is 2.28. The van der Waals surface area contributed by atoms with Crippen LogP contribution in [-0.4, -0.2) is 41.6 Å². The first-order valence-electron chi connectivity index (χ1n) is 8.17. The standard InChI is InChI=1S/C18H25NO4/c1-3-11-23-17(18(21)22-4-2)12-14-13-19(9-10-20)16-8-6-5-7-15(14)16/h5-8,13,17,20H,3-4,9-12H2,1-2H3. The third-order valence-corrected chi connectivity index (χ3v) is 3.69. The predicted molar refractivity (Wildman–Crippen MR) is 89.4 cm³/mol. The molecular weight excluding hydrogens is 294 g/mol. The average Bonchev–Trinajstić information content (AvgIpc) is 2.90. The van der Waals surface area contributed by atoms with E-state index in [9.17, 15) is 9.90 Å². The largest absolute Gasteiger partial charge is 0.464 e. The van der Waals surface area contributed by atoms with Gasteiger partial charge in [0.1, 0.15) is 0 Å². The molecule has 126 valence electrons. The molecule has 1 atom stereocenters. The fourth-order valence-corrected chi connectivity index (χ4v) is 2.68. The summed E-state index contributed by atoms with van der Waals surface area (Å²) in [6.45, 7) is 5.28. The number of aromatic nitrogens is 1. The second kappa shape index (κ2) is 8.70. The van der Waals surface area contributed by atoms with Crippen molar-refractivity contribution in [3.63, 3.8) is 0 Å². The van der Waals surface area contributed by atoms with E-state index < -0.39 is 6.10 Å². The minimum Gasteiger partial charge on any atom is -0.464 e. The number of aliphatic hydroxyl groups excluding tert-OH is 1. The van der Waals surface area contributed by atoms with Crippen LogP contribution >= 0.6 is 0 Å². The van der Waals surface area contributed by atoms with Crippen molar-refractivity contribution in [1.29, 1.82) is 0 Å². The molecule has 0 spiro atoms. The Labute approximate surface area is 136 Å². The molecule has 0 aliphatic rings. The van der Waals surface area contributed by atoms with E-state index in [1.54, 1.807) is 6.92 Å². The van der Waals surface area contributed by atoms with E-state index in [0.29, 0.717) is 26.2 Å². The third-order valence-electron chi connectivity index (χ3n) is 3.69. The number of carbonyl (C=O) groups is 1. The molecule has 1 aromatic carbocycles. The van der Waals surface area contributed by atoms with E-state index in [4.69, 9.17) is 9.47 Å². The van der Waals surface area contributed by atoms with Gasteiger partial charge in [-0.2, -0.15) is 0 Å². The third kappa shape index (κ3) is 4.33. The lowest BCUT2D eigenvalue weighted by Gasteiger charge is -2.15. The highest BCUT2D eigenvalue weighted by atomic mass is 16.6. The highest BCUT2D eigenvalue weighted by Crippen LogP contribution is 2.23. The maximum atomic E-state index is 12.1. The molecule has 23 heavy (non-hydrogen) atoms. The molecule has 0 saturated carbocycles. The number of nitrogens with zero attached hydrogens (tertiary/aromatic N) is 1. The van der Waals surface area contributed by atoms with E-state index in [2.05, 4.69) is 0 Å². The van der Waals surface area contributed by atoms with Crippen molar-refractivity contribution >= 4 is 16.9 Å². The van der Waals surface area contributed by atoms with Gasteiger partial charge in [0, 0.05) is 36.7 Å². The van der Waals surface area contributed by atoms with Crippen molar-refractivity contribution in [3.8, 4) is 0 Å². The van der Waals surface area contributed by atoms with E-state index in [0.717, 1.165) is 22.9 Å². The van der Waals surface area contributed by atoms with Crippen molar-refractivity contribution in [3.05, 3.63) is 36.0 Å². The van der Waals surface area contributed by atoms with Gasteiger partial charge in [-0.25, -0.2) is 4.79 Å². The molecule has 1 aromatic heterocycles. The van der Waals surface area contributed by atoms with Crippen LogP contribution in [0.3, 0.4) is 0 Å². The van der Waals surface area contributed by atoms with Crippen LogP contribution in [0.1, 0.15) is 25.8 Å². The van der Waals surface area contributed by atoms with Gasteiger partial charge < -0.3 is 19.1 Å². The molecule has 0 amide bonds. The number of rotatable bonds is 9. The van der Waals surface area contributed by atoms with E-state index >= 15 is 0 Å². The Morgan fingerprint density at radius 2 is 2.09 bits per heavy atom. The van der Waals surface area contributed by atoms with Gasteiger partial charge in [-0.3, -0.25) is 0 Å². The summed E-state index contributed by atoms with van der Waals surface area (Å²) in [6, 6.07) is 7.99. The summed E-state index contributed by atoms with van der Waals surface area (Å²) in [7, 11) is 0. The molecule has 1 heterocycles. The first-order valence-corrected chi connectivity index (χ1v) is 8.17. The van der Waals surface area contributed by atoms with Gasteiger partial charge in [-0.1, -0.05) is 25.1 Å². The number of aliphatic hydroxyl groups is 1.